The van der Waals surface area contributed by atoms with Crippen molar-refractivity contribution in [2.24, 2.45) is 11.7 Å². The molecule has 1 aliphatic heterocycles. The second kappa shape index (κ2) is 5.96. The first kappa shape index (κ1) is 12.3. The average Bonchev–Trinajstić information content (AvgIpc) is 2.67. The summed E-state index contributed by atoms with van der Waals surface area (Å²) < 4.78 is 0.646. The molecule has 5 heteroatoms. The van der Waals surface area contributed by atoms with Gasteiger partial charge in [0.05, 0.1) is 0 Å². The molecule has 2 N–H and O–H groups in total. The Labute approximate surface area is 106 Å². The quantitative estimate of drug-likeness (QED) is 0.903. The number of hydrogen-bond acceptors (Lipinski definition) is 4. The maximum atomic E-state index is 5.82. The van der Waals surface area contributed by atoms with Crippen LogP contribution in [0.4, 0.5) is 0 Å². The van der Waals surface area contributed by atoms with E-state index in [9.17, 15) is 0 Å². The lowest BCUT2D eigenvalue weighted by molar-refractivity contribution is 0.175. The van der Waals surface area contributed by atoms with Gasteiger partial charge in [-0.15, -0.1) is 11.3 Å². The lowest BCUT2D eigenvalue weighted by Gasteiger charge is -2.31. The van der Waals surface area contributed by atoms with Crippen molar-refractivity contribution in [3.8, 4) is 0 Å². The molecule has 0 atom stereocenters. The topological polar surface area (TPSA) is 42.1 Å². The molecular formula is C11H18ClN3S. The van der Waals surface area contributed by atoms with E-state index >= 15 is 0 Å². The first-order valence-corrected chi connectivity index (χ1v) is 7.00. The van der Waals surface area contributed by atoms with Crippen LogP contribution in [0, 0.1) is 5.92 Å². The number of thiazole rings is 1. The van der Waals surface area contributed by atoms with Gasteiger partial charge in [0.2, 0.25) is 0 Å². The Bertz CT molecular complexity index is 321. The predicted octanol–water partition coefficient (Wildman–Crippen LogP) is 2.36. The van der Waals surface area contributed by atoms with E-state index in [4.69, 9.17) is 17.3 Å². The van der Waals surface area contributed by atoms with E-state index in [2.05, 4.69) is 9.88 Å². The molecule has 2 rings (SSSR count). The van der Waals surface area contributed by atoms with E-state index in [1.54, 1.807) is 11.3 Å². The summed E-state index contributed by atoms with van der Waals surface area (Å²) in [4.78, 5) is 7.82. The number of piperidine rings is 1. The molecule has 0 saturated carbocycles. The van der Waals surface area contributed by atoms with Gasteiger partial charge in [-0.3, -0.25) is 4.90 Å². The smallest absolute Gasteiger partial charge is 0.183 e. The van der Waals surface area contributed by atoms with E-state index in [0.717, 1.165) is 19.0 Å². The molecule has 1 saturated heterocycles. The van der Waals surface area contributed by atoms with Gasteiger partial charge in [0.25, 0.3) is 0 Å². The van der Waals surface area contributed by atoms with E-state index in [0.29, 0.717) is 4.47 Å². The first-order chi connectivity index (χ1) is 7.78. The monoisotopic (exact) mass is 259 g/mol. The van der Waals surface area contributed by atoms with Gasteiger partial charge >= 0.3 is 0 Å². The molecule has 1 aromatic rings. The summed E-state index contributed by atoms with van der Waals surface area (Å²) in [6.45, 7) is 4.19. The minimum absolute atomic E-state index is 0.646. The van der Waals surface area contributed by atoms with E-state index in [-0.39, 0.29) is 0 Å². The van der Waals surface area contributed by atoms with Gasteiger partial charge in [0.15, 0.2) is 4.47 Å². The Morgan fingerprint density at radius 2 is 2.25 bits per heavy atom. The molecule has 0 radical (unpaired) electrons. The third kappa shape index (κ3) is 3.42. The molecule has 3 nitrogen and oxygen atoms in total. The van der Waals surface area contributed by atoms with Crippen LogP contribution in [0.15, 0.2) is 6.20 Å². The van der Waals surface area contributed by atoms with E-state index in [1.165, 1.54) is 37.2 Å². The summed E-state index contributed by atoms with van der Waals surface area (Å²) >= 11 is 7.40. The average molecular weight is 260 g/mol. The second-order valence-electron chi connectivity index (χ2n) is 4.38. The van der Waals surface area contributed by atoms with Crippen LogP contribution >= 0.6 is 22.9 Å². The molecule has 16 heavy (non-hydrogen) atoms. The highest BCUT2D eigenvalue weighted by Gasteiger charge is 2.18. The Balaban J connectivity index is 1.77. The third-order valence-electron chi connectivity index (χ3n) is 3.19. The van der Waals surface area contributed by atoms with Crippen molar-refractivity contribution in [1.29, 1.82) is 0 Å². The normalized spacial score (nSPS) is 19.1. The molecule has 0 amide bonds. The van der Waals surface area contributed by atoms with Crippen LogP contribution in [0.25, 0.3) is 0 Å². The van der Waals surface area contributed by atoms with Crippen molar-refractivity contribution >= 4 is 22.9 Å². The zero-order valence-corrected chi connectivity index (χ0v) is 10.9. The Kier molecular flexibility index (Phi) is 4.58. The number of rotatable bonds is 4. The van der Waals surface area contributed by atoms with Gasteiger partial charge in [0, 0.05) is 17.6 Å². The fraction of sp³-hybridized carbons (Fsp3) is 0.727. The molecule has 0 aromatic carbocycles. The zero-order valence-electron chi connectivity index (χ0n) is 9.36. The number of likely N-dealkylation sites (tertiary alicyclic amines) is 1. The van der Waals surface area contributed by atoms with Crippen LogP contribution < -0.4 is 5.73 Å². The molecule has 0 bridgehead atoms. The number of halogens is 1. The van der Waals surface area contributed by atoms with Crippen LogP contribution in [-0.4, -0.2) is 29.5 Å². The molecule has 0 spiro atoms. The van der Waals surface area contributed by atoms with Gasteiger partial charge in [0.1, 0.15) is 0 Å². The van der Waals surface area contributed by atoms with Crippen molar-refractivity contribution in [2.45, 2.75) is 25.8 Å². The van der Waals surface area contributed by atoms with Gasteiger partial charge in [-0.2, -0.15) is 0 Å². The van der Waals surface area contributed by atoms with Gasteiger partial charge in [-0.05, 0) is 44.8 Å². The van der Waals surface area contributed by atoms with Crippen LogP contribution in [0.5, 0.6) is 0 Å². The largest absolute Gasteiger partial charge is 0.330 e. The van der Waals surface area contributed by atoms with Crippen molar-refractivity contribution in [2.75, 3.05) is 19.6 Å². The van der Waals surface area contributed by atoms with Crippen LogP contribution in [0.2, 0.25) is 4.47 Å². The van der Waals surface area contributed by atoms with Gasteiger partial charge in [-0.1, -0.05) is 11.6 Å². The molecule has 0 aliphatic carbocycles. The van der Waals surface area contributed by atoms with Gasteiger partial charge < -0.3 is 5.73 Å². The van der Waals surface area contributed by atoms with Crippen molar-refractivity contribution in [3.63, 3.8) is 0 Å². The number of aromatic nitrogens is 1. The predicted molar refractivity (Wildman–Crippen MR) is 68.8 cm³/mol. The number of nitrogens with zero attached hydrogens (tertiary/aromatic N) is 2. The Morgan fingerprint density at radius 1 is 1.50 bits per heavy atom. The summed E-state index contributed by atoms with van der Waals surface area (Å²) in [6.07, 6.45) is 5.63. The molecular weight excluding hydrogens is 242 g/mol. The van der Waals surface area contributed by atoms with Crippen LogP contribution in [0.1, 0.15) is 24.1 Å². The molecule has 1 aliphatic rings. The standard InChI is InChI=1S/C11H18ClN3S/c12-11-14-7-10(16-11)8-15-5-2-9(1-4-13)3-6-15/h7,9H,1-6,8,13H2. The highest BCUT2D eigenvalue weighted by molar-refractivity contribution is 7.15. The Hall–Kier alpha value is -0.160. The summed E-state index contributed by atoms with van der Waals surface area (Å²) in [5, 5.41) is 0. The summed E-state index contributed by atoms with van der Waals surface area (Å²) in [5.74, 6) is 0.839. The maximum Gasteiger partial charge on any atom is 0.183 e. The van der Waals surface area contributed by atoms with Crippen LogP contribution in [-0.2, 0) is 6.54 Å². The maximum absolute atomic E-state index is 5.82. The molecule has 1 aromatic heterocycles. The Morgan fingerprint density at radius 3 is 2.81 bits per heavy atom. The summed E-state index contributed by atoms with van der Waals surface area (Å²) in [6, 6.07) is 0. The lowest BCUT2D eigenvalue weighted by Crippen LogP contribution is -2.33. The van der Waals surface area contributed by atoms with Crippen molar-refractivity contribution < 1.29 is 0 Å². The highest BCUT2D eigenvalue weighted by atomic mass is 35.5. The molecule has 90 valence electrons. The molecule has 0 unspecified atom stereocenters. The fourth-order valence-corrected chi connectivity index (χ4v) is 3.27. The third-order valence-corrected chi connectivity index (χ3v) is 4.29. The van der Waals surface area contributed by atoms with Gasteiger partial charge in [-0.25, -0.2) is 4.98 Å². The van der Waals surface area contributed by atoms with Crippen molar-refractivity contribution in [1.82, 2.24) is 9.88 Å². The van der Waals surface area contributed by atoms with Crippen molar-refractivity contribution in [3.05, 3.63) is 15.5 Å². The molecule has 2 heterocycles. The lowest BCUT2D eigenvalue weighted by atomic mass is 9.94. The highest BCUT2D eigenvalue weighted by Crippen LogP contribution is 2.24. The number of hydrogen-bond donors (Lipinski definition) is 1. The summed E-state index contributed by atoms with van der Waals surface area (Å²) in [5.41, 5.74) is 5.59. The minimum Gasteiger partial charge on any atom is -0.330 e. The summed E-state index contributed by atoms with van der Waals surface area (Å²) in [7, 11) is 0. The zero-order chi connectivity index (χ0) is 11.4. The second-order valence-corrected chi connectivity index (χ2v) is 6.07. The molecule has 1 fully saturated rings. The fourth-order valence-electron chi connectivity index (χ4n) is 2.25. The first-order valence-electron chi connectivity index (χ1n) is 5.80. The number of nitrogens with two attached hydrogens (primary N) is 1. The van der Waals surface area contributed by atoms with Crippen LogP contribution in [0.3, 0.4) is 0 Å². The SMILES string of the molecule is NCCC1CCN(Cc2cnc(Cl)s2)CC1. The van der Waals surface area contributed by atoms with E-state index < -0.39 is 0 Å². The van der Waals surface area contributed by atoms with E-state index in [1.807, 2.05) is 6.20 Å². The minimum atomic E-state index is 0.646.